The van der Waals surface area contributed by atoms with Gasteiger partial charge in [0.05, 0.1) is 24.4 Å². The molecule has 2 aromatic carbocycles. The summed E-state index contributed by atoms with van der Waals surface area (Å²) in [6, 6.07) is 11.2. The molecule has 7 heteroatoms. The average molecular weight is 323 g/mol. The molecule has 3 amide bonds. The number of hydrogen-bond donors (Lipinski definition) is 2. The Hall–Kier alpha value is -3.53. The minimum Gasteiger partial charge on any atom is -0.504 e. The van der Waals surface area contributed by atoms with E-state index in [-0.39, 0.29) is 11.5 Å². The van der Waals surface area contributed by atoms with Crippen LogP contribution in [0.25, 0.3) is 0 Å². The van der Waals surface area contributed by atoms with Gasteiger partial charge in [0.2, 0.25) is 0 Å². The topological polar surface area (TPSA) is 103 Å². The summed E-state index contributed by atoms with van der Waals surface area (Å²) in [4.78, 5) is 25.8. The van der Waals surface area contributed by atoms with Crippen LogP contribution in [0.2, 0.25) is 0 Å². The highest BCUT2D eigenvalue weighted by Crippen LogP contribution is 2.32. The number of hydrogen-bond acceptors (Lipinski definition) is 5. The van der Waals surface area contributed by atoms with Crippen molar-refractivity contribution in [3.8, 4) is 17.6 Å². The number of carbonyl (C=O) groups is 2. The van der Waals surface area contributed by atoms with Gasteiger partial charge in [0.15, 0.2) is 11.5 Å². The number of benzene rings is 2. The molecule has 1 saturated heterocycles. The average Bonchev–Trinajstić information content (AvgIpc) is 2.89. The van der Waals surface area contributed by atoms with Gasteiger partial charge < -0.3 is 15.2 Å². The van der Waals surface area contributed by atoms with E-state index in [4.69, 9.17) is 10.00 Å². The molecule has 1 aliphatic rings. The zero-order chi connectivity index (χ0) is 17.3. The number of imide groups is 1. The van der Waals surface area contributed by atoms with Crippen LogP contribution in [0.5, 0.6) is 11.5 Å². The molecule has 2 aromatic rings. The zero-order valence-corrected chi connectivity index (χ0v) is 12.7. The first-order chi connectivity index (χ1) is 11.5. The van der Waals surface area contributed by atoms with Gasteiger partial charge in [0.1, 0.15) is 6.04 Å². The van der Waals surface area contributed by atoms with Crippen molar-refractivity contribution in [3.05, 3.63) is 53.6 Å². The molecule has 120 valence electrons. The van der Waals surface area contributed by atoms with Crippen molar-refractivity contribution >= 4 is 17.6 Å². The number of phenolic OH excluding ortho intramolecular Hbond substituents is 1. The Bertz CT molecular complexity index is 872. The van der Waals surface area contributed by atoms with E-state index in [0.717, 1.165) is 4.90 Å². The first-order valence-electron chi connectivity index (χ1n) is 7.06. The summed E-state index contributed by atoms with van der Waals surface area (Å²) < 4.78 is 4.96. The molecule has 3 rings (SSSR count). The molecule has 0 saturated carbocycles. The number of ether oxygens (including phenoxy) is 1. The highest BCUT2D eigenvalue weighted by Gasteiger charge is 2.40. The van der Waals surface area contributed by atoms with Crippen molar-refractivity contribution < 1.29 is 19.4 Å². The third-order valence-corrected chi connectivity index (χ3v) is 3.71. The number of rotatable bonds is 3. The van der Waals surface area contributed by atoms with Crippen molar-refractivity contribution in [1.82, 2.24) is 5.32 Å². The first kappa shape index (κ1) is 15.4. The lowest BCUT2D eigenvalue weighted by Crippen LogP contribution is -2.30. The number of nitriles is 1. The Kier molecular flexibility index (Phi) is 3.80. The fraction of sp³-hybridized carbons (Fsp3) is 0.118. The summed E-state index contributed by atoms with van der Waals surface area (Å²) in [5, 5.41) is 21.4. The summed E-state index contributed by atoms with van der Waals surface area (Å²) >= 11 is 0. The van der Waals surface area contributed by atoms with E-state index in [1.54, 1.807) is 24.3 Å². The van der Waals surface area contributed by atoms with Gasteiger partial charge in [-0.3, -0.25) is 4.79 Å². The summed E-state index contributed by atoms with van der Waals surface area (Å²) in [5.74, 6) is -0.337. The predicted molar refractivity (Wildman–Crippen MR) is 84.6 cm³/mol. The van der Waals surface area contributed by atoms with Crippen molar-refractivity contribution in [2.75, 3.05) is 12.0 Å². The Morgan fingerprint density at radius 1 is 1.25 bits per heavy atom. The van der Waals surface area contributed by atoms with Crippen LogP contribution >= 0.6 is 0 Å². The van der Waals surface area contributed by atoms with Crippen molar-refractivity contribution in [1.29, 1.82) is 5.26 Å². The van der Waals surface area contributed by atoms with E-state index in [1.165, 1.54) is 25.3 Å². The van der Waals surface area contributed by atoms with E-state index in [1.807, 2.05) is 6.07 Å². The van der Waals surface area contributed by atoms with Crippen LogP contribution in [0.4, 0.5) is 10.5 Å². The van der Waals surface area contributed by atoms with Crippen LogP contribution < -0.4 is 15.0 Å². The fourth-order valence-electron chi connectivity index (χ4n) is 2.55. The number of phenols is 1. The number of urea groups is 1. The van der Waals surface area contributed by atoms with Crippen LogP contribution in [-0.2, 0) is 4.79 Å². The van der Waals surface area contributed by atoms with E-state index >= 15 is 0 Å². The molecular weight excluding hydrogens is 310 g/mol. The molecule has 0 aliphatic carbocycles. The van der Waals surface area contributed by atoms with E-state index in [0.29, 0.717) is 16.8 Å². The maximum atomic E-state index is 12.6. The highest BCUT2D eigenvalue weighted by molar-refractivity contribution is 6.21. The largest absolute Gasteiger partial charge is 0.504 e. The van der Waals surface area contributed by atoms with Gasteiger partial charge in [-0.1, -0.05) is 12.1 Å². The molecule has 1 fully saturated rings. The van der Waals surface area contributed by atoms with Crippen LogP contribution in [0.1, 0.15) is 17.2 Å². The SMILES string of the molecule is COc1ccc([C@@H]2NC(=O)N(c3cccc(C#N)c3)C2=O)cc1O. The summed E-state index contributed by atoms with van der Waals surface area (Å²) in [7, 11) is 1.42. The van der Waals surface area contributed by atoms with E-state index < -0.39 is 18.0 Å². The lowest BCUT2D eigenvalue weighted by molar-refractivity contribution is -0.118. The number of aromatic hydroxyl groups is 1. The molecule has 0 spiro atoms. The molecule has 0 bridgehead atoms. The Morgan fingerprint density at radius 3 is 2.71 bits per heavy atom. The standard InChI is InChI=1S/C17H13N3O4/c1-24-14-6-5-11(8-13(14)21)15-16(22)20(17(23)19-15)12-4-2-3-10(7-12)9-18/h2-8,15,21H,1H3,(H,19,23)/t15-/m0/s1. The highest BCUT2D eigenvalue weighted by atomic mass is 16.5. The van der Waals surface area contributed by atoms with Crippen molar-refractivity contribution in [3.63, 3.8) is 0 Å². The lowest BCUT2D eigenvalue weighted by Gasteiger charge is -2.13. The van der Waals surface area contributed by atoms with Crippen LogP contribution in [0.15, 0.2) is 42.5 Å². The van der Waals surface area contributed by atoms with Gasteiger partial charge in [-0.15, -0.1) is 0 Å². The molecule has 0 radical (unpaired) electrons. The molecule has 24 heavy (non-hydrogen) atoms. The number of nitrogens with one attached hydrogen (secondary N) is 1. The monoisotopic (exact) mass is 323 g/mol. The van der Waals surface area contributed by atoms with Crippen LogP contribution in [0.3, 0.4) is 0 Å². The summed E-state index contributed by atoms with van der Waals surface area (Å²) in [5.41, 5.74) is 1.10. The lowest BCUT2D eigenvalue weighted by atomic mass is 10.1. The Balaban J connectivity index is 1.94. The summed E-state index contributed by atoms with van der Waals surface area (Å²) in [6.45, 7) is 0. The minimum atomic E-state index is -0.917. The van der Waals surface area contributed by atoms with Crippen LogP contribution in [0, 0.1) is 11.3 Å². The van der Waals surface area contributed by atoms with Gasteiger partial charge in [-0.05, 0) is 35.9 Å². The second-order valence-corrected chi connectivity index (χ2v) is 5.15. The van der Waals surface area contributed by atoms with Gasteiger partial charge >= 0.3 is 6.03 Å². The Labute approximate surface area is 137 Å². The second-order valence-electron chi connectivity index (χ2n) is 5.15. The molecule has 2 N–H and O–H groups in total. The minimum absolute atomic E-state index is 0.123. The van der Waals surface area contributed by atoms with Gasteiger partial charge in [0, 0.05) is 0 Å². The van der Waals surface area contributed by atoms with Gasteiger partial charge in [-0.25, -0.2) is 9.69 Å². The van der Waals surface area contributed by atoms with E-state index in [9.17, 15) is 14.7 Å². The van der Waals surface area contributed by atoms with Crippen molar-refractivity contribution in [2.45, 2.75) is 6.04 Å². The first-order valence-corrected chi connectivity index (χ1v) is 7.06. The molecule has 1 atom stereocenters. The maximum absolute atomic E-state index is 12.6. The molecule has 0 aromatic heterocycles. The molecule has 1 heterocycles. The fourth-order valence-corrected chi connectivity index (χ4v) is 2.55. The predicted octanol–water partition coefficient (Wildman–Crippen LogP) is 2.07. The third-order valence-electron chi connectivity index (χ3n) is 3.71. The number of anilines is 1. The van der Waals surface area contributed by atoms with Crippen LogP contribution in [-0.4, -0.2) is 24.2 Å². The number of carbonyl (C=O) groups excluding carboxylic acids is 2. The number of methoxy groups -OCH3 is 1. The third kappa shape index (κ3) is 2.50. The number of nitrogens with zero attached hydrogens (tertiary/aromatic N) is 2. The zero-order valence-electron chi connectivity index (χ0n) is 12.7. The smallest absolute Gasteiger partial charge is 0.329 e. The van der Waals surface area contributed by atoms with E-state index in [2.05, 4.69) is 5.32 Å². The number of amides is 3. The van der Waals surface area contributed by atoms with Crippen molar-refractivity contribution in [2.24, 2.45) is 0 Å². The normalized spacial score (nSPS) is 16.7. The quantitative estimate of drug-likeness (QED) is 0.842. The summed E-state index contributed by atoms with van der Waals surface area (Å²) in [6.07, 6.45) is 0. The molecular formula is C17H13N3O4. The molecule has 7 nitrogen and oxygen atoms in total. The van der Waals surface area contributed by atoms with Gasteiger partial charge in [0.25, 0.3) is 5.91 Å². The van der Waals surface area contributed by atoms with Gasteiger partial charge in [-0.2, -0.15) is 5.26 Å². The second kappa shape index (κ2) is 5.93. The molecule has 0 unspecified atom stereocenters. The Morgan fingerprint density at radius 2 is 2.04 bits per heavy atom. The maximum Gasteiger partial charge on any atom is 0.329 e. The molecule has 1 aliphatic heterocycles.